The molecule has 0 atom stereocenters. The van der Waals surface area contributed by atoms with Crippen molar-refractivity contribution in [2.75, 3.05) is 0 Å². The van der Waals surface area contributed by atoms with Crippen LogP contribution in [0.25, 0.3) is 100 Å². The molecule has 3 aromatic heterocycles. The Hall–Kier alpha value is -6.85. The lowest BCUT2D eigenvalue weighted by Gasteiger charge is -2.11. The van der Waals surface area contributed by atoms with Crippen LogP contribution in [0, 0.1) is 0 Å². The smallest absolute Gasteiger partial charge is 0.164 e. The van der Waals surface area contributed by atoms with E-state index in [1.807, 2.05) is 78.9 Å². The van der Waals surface area contributed by atoms with Gasteiger partial charge in [-0.15, -0.1) is 0 Å². The van der Waals surface area contributed by atoms with Crippen molar-refractivity contribution in [2.24, 2.45) is 0 Å². The van der Waals surface area contributed by atoms with Crippen molar-refractivity contribution in [3.8, 4) is 56.4 Å². The van der Waals surface area contributed by atoms with Crippen LogP contribution in [-0.4, -0.2) is 15.0 Å². The third-order valence-electron chi connectivity index (χ3n) is 9.34. The van der Waals surface area contributed by atoms with E-state index in [4.69, 9.17) is 23.8 Å². The molecule has 10 rings (SSSR count). The minimum Gasteiger partial charge on any atom is -0.456 e. The van der Waals surface area contributed by atoms with Gasteiger partial charge in [-0.25, -0.2) is 15.0 Å². The highest BCUT2D eigenvalue weighted by Crippen LogP contribution is 2.39. The van der Waals surface area contributed by atoms with Crippen LogP contribution in [0.3, 0.4) is 0 Å². The number of nitrogens with zero attached hydrogens (tertiary/aromatic N) is 3. The summed E-state index contributed by atoms with van der Waals surface area (Å²) in [5.41, 5.74) is 10.6. The zero-order valence-corrected chi connectivity index (χ0v) is 26.7. The minimum absolute atomic E-state index is 0.596. The van der Waals surface area contributed by atoms with E-state index in [1.165, 1.54) is 0 Å². The van der Waals surface area contributed by atoms with Gasteiger partial charge >= 0.3 is 0 Å². The maximum absolute atomic E-state index is 6.21. The maximum atomic E-state index is 6.21. The summed E-state index contributed by atoms with van der Waals surface area (Å²) in [4.78, 5) is 15.2. The molecule has 7 aromatic carbocycles. The first-order valence-electron chi connectivity index (χ1n) is 16.6. The summed E-state index contributed by atoms with van der Waals surface area (Å²) in [5.74, 6) is 1.81. The van der Waals surface area contributed by atoms with Crippen molar-refractivity contribution in [1.29, 1.82) is 0 Å². The van der Waals surface area contributed by atoms with Crippen LogP contribution < -0.4 is 0 Å². The fourth-order valence-electron chi connectivity index (χ4n) is 7.02. The minimum atomic E-state index is 0.596. The van der Waals surface area contributed by atoms with E-state index in [9.17, 15) is 0 Å². The highest BCUT2D eigenvalue weighted by atomic mass is 16.3. The van der Waals surface area contributed by atoms with Gasteiger partial charge in [-0.2, -0.15) is 0 Å². The average Bonchev–Trinajstić information content (AvgIpc) is 3.77. The molecule has 0 spiro atoms. The van der Waals surface area contributed by atoms with Crippen LogP contribution in [-0.2, 0) is 0 Å². The van der Waals surface area contributed by atoms with Gasteiger partial charge in [0, 0.05) is 38.2 Å². The van der Waals surface area contributed by atoms with Crippen LogP contribution in [0.2, 0.25) is 0 Å². The molecule has 0 saturated heterocycles. The van der Waals surface area contributed by atoms with Crippen LogP contribution in [0.15, 0.2) is 173 Å². The number of aromatic nitrogens is 3. The molecule has 0 aliphatic heterocycles. The van der Waals surface area contributed by atoms with Gasteiger partial charge in [0.2, 0.25) is 0 Å². The van der Waals surface area contributed by atoms with Crippen LogP contribution >= 0.6 is 0 Å². The lowest BCUT2D eigenvalue weighted by molar-refractivity contribution is 0.668. The molecular weight excluding hydrogens is 615 g/mol. The highest BCUT2D eigenvalue weighted by Gasteiger charge is 2.18. The van der Waals surface area contributed by atoms with Gasteiger partial charge in [-0.05, 0) is 58.7 Å². The van der Waals surface area contributed by atoms with Crippen molar-refractivity contribution < 1.29 is 8.83 Å². The summed E-state index contributed by atoms with van der Waals surface area (Å²) in [5, 5.41) is 4.26. The average molecular weight is 642 g/mol. The molecule has 0 aliphatic carbocycles. The van der Waals surface area contributed by atoms with Crippen LogP contribution in [0.4, 0.5) is 0 Å². The Kier molecular flexibility index (Phi) is 6.42. The molecule has 0 unspecified atom stereocenters. The van der Waals surface area contributed by atoms with Gasteiger partial charge in [0.25, 0.3) is 0 Å². The largest absolute Gasteiger partial charge is 0.456 e. The summed E-state index contributed by atoms with van der Waals surface area (Å²) in [7, 11) is 0. The van der Waals surface area contributed by atoms with E-state index >= 15 is 0 Å². The molecule has 0 bridgehead atoms. The lowest BCUT2D eigenvalue weighted by atomic mass is 9.95. The molecule has 0 radical (unpaired) electrons. The fourth-order valence-corrected chi connectivity index (χ4v) is 7.02. The second-order valence-electron chi connectivity index (χ2n) is 12.4. The molecule has 5 nitrogen and oxygen atoms in total. The predicted octanol–water partition coefficient (Wildman–Crippen LogP) is 12.0. The van der Waals surface area contributed by atoms with Gasteiger partial charge in [-0.3, -0.25) is 0 Å². The summed E-state index contributed by atoms with van der Waals surface area (Å²) < 4.78 is 12.4. The molecule has 10 aromatic rings. The van der Waals surface area contributed by atoms with Crippen molar-refractivity contribution in [2.45, 2.75) is 0 Å². The van der Waals surface area contributed by atoms with Gasteiger partial charge in [-0.1, -0.05) is 127 Å². The quantitative estimate of drug-likeness (QED) is 0.187. The van der Waals surface area contributed by atoms with Gasteiger partial charge < -0.3 is 8.83 Å². The summed E-state index contributed by atoms with van der Waals surface area (Å²) >= 11 is 0. The van der Waals surface area contributed by atoms with Gasteiger partial charge in [0.1, 0.15) is 22.3 Å². The first-order valence-corrected chi connectivity index (χ1v) is 16.6. The third-order valence-corrected chi connectivity index (χ3v) is 9.34. The SMILES string of the molecule is c1ccc(-c2nc(-c3cccc(-c4cccc(-c5cccc6oc7ccccc7c56)c4)c3)nc(-c3cccc4oc5ccccc5c34)n2)cc1. The van der Waals surface area contributed by atoms with Crippen molar-refractivity contribution >= 4 is 43.9 Å². The van der Waals surface area contributed by atoms with E-state index in [0.717, 1.165) is 82.8 Å². The topological polar surface area (TPSA) is 65.0 Å². The molecule has 3 heterocycles. The second-order valence-corrected chi connectivity index (χ2v) is 12.4. The zero-order valence-electron chi connectivity index (χ0n) is 26.7. The number of furan rings is 2. The Bertz CT molecular complexity index is 2890. The molecule has 5 heteroatoms. The molecule has 0 saturated carbocycles. The van der Waals surface area contributed by atoms with E-state index < -0.39 is 0 Å². The first-order chi connectivity index (χ1) is 24.8. The molecule has 0 amide bonds. The van der Waals surface area contributed by atoms with Gasteiger partial charge in [0.15, 0.2) is 17.5 Å². The number of hydrogen-bond donors (Lipinski definition) is 0. The molecule has 234 valence electrons. The summed E-state index contributed by atoms with van der Waals surface area (Å²) in [6.45, 7) is 0. The van der Waals surface area contributed by atoms with Crippen molar-refractivity contribution in [1.82, 2.24) is 15.0 Å². The summed E-state index contributed by atoms with van der Waals surface area (Å²) in [6, 6.07) is 55.8. The maximum Gasteiger partial charge on any atom is 0.164 e. The number of benzene rings is 7. The molecule has 0 fully saturated rings. The third kappa shape index (κ3) is 4.67. The first kappa shape index (κ1) is 28.2. The summed E-state index contributed by atoms with van der Waals surface area (Å²) in [6.07, 6.45) is 0. The van der Waals surface area contributed by atoms with E-state index in [2.05, 4.69) is 84.9 Å². The van der Waals surface area contributed by atoms with Crippen LogP contribution in [0.1, 0.15) is 0 Å². The van der Waals surface area contributed by atoms with E-state index in [0.29, 0.717) is 17.5 Å². The molecule has 0 aliphatic rings. The Morgan fingerprint density at radius 2 is 0.740 bits per heavy atom. The second kappa shape index (κ2) is 11.4. The van der Waals surface area contributed by atoms with Gasteiger partial charge in [0.05, 0.1) is 0 Å². The zero-order chi connectivity index (χ0) is 33.0. The molecule has 0 N–H and O–H groups in total. The monoisotopic (exact) mass is 641 g/mol. The fraction of sp³-hybridized carbons (Fsp3) is 0. The highest BCUT2D eigenvalue weighted by molar-refractivity contribution is 6.13. The number of hydrogen-bond acceptors (Lipinski definition) is 5. The Morgan fingerprint density at radius 1 is 0.300 bits per heavy atom. The number of rotatable bonds is 5. The standard InChI is InChI=1S/C45H27N3O2/c1-2-12-28(13-3-1)43-46-44(48-45(47-43)36-21-11-25-40-42(36)35-19-5-7-23-38(35)50-40)32-17-9-15-30(27-32)29-14-8-16-31(26-29)33-20-10-24-39-41(33)34-18-4-6-22-37(34)49-39/h1-27H. The Balaban J connectivity index is 1.12. The molecular formula is C45H27N3O2. The van der Waals surface area contributed by atoms with Crippen molar-refractivity contribution in [3.05, 3.63) is 164 Å². The number of para-hydroxylation sites is 2. The van der Waals surface area contributed by atoms with Crippen molar-refractivity contribution in [3.63, 3.8) is 0 Å². The molecule has 50 heavy (non-hydrogen) atoms. The normalized spacial score (nSPS) is 11.6. The Morgan fingerprint density at radius 3 is 1.42 bits per heavy atom. The Labute approximate surface area is 287 Å². The number of fused-ring (bicyclic) bond motifs is 6. The van der Waals surface area contributed by atoms with Crippen LogP contribution in [0.5, 0.6) is 0 Å². The van der Waals surface area contributed by atoms with E-state index in [1.54, 1.807) is 0 Å². The predicted molar refractivity (Wildman–Crippen MR) is 202 cm³/mol. The van der Waals surface area contributed by atoms with E-state index in [-0.39, 0.29) is 0 Å². The lowest BCUT2D eigenvalue weighted by Crippen LogP contribution is -2.00.